The predicted molar refractivity (Wildman–Crippen MR) is 111 cm³/mol. The zero-order chi connectivity index (χ0) is 20.2. The van der Waals surface area contributed by atoms with Crippen molar-refractivity contribution in [1.82, 2.24) is 10.3 Å². The monoisotopic (exact) mass is 414 g/mol. The Morgan fingerprint density at radius 2 is 2.00 bits per heavy atom. The molecule has 1 aromatic carbocycles. The summed E-state index contributed by atoms with van der Waals surface area (Å²) in [5.41, 5.74) is 1.60. The van der Waals surface area contributed by atoms with Gasteiger partial charge in [0.15, 0.2) is 0 Å². The molecule has 0 aliphatic carbocycles. The Morgan fingerprint density at radius 1 is 1.21 bits per heavy atom. The largest absolute Gasteiger partial charge is 0.378 e. The number of pyridine rings is 1. The van der Waals surface area contributed by atoms with Crippen molar-refractivity contribution in [2.24, 2.45) is 5.92 Å². The molecule has 2 amide bonds. The summed E-state index contributed by atoms with van der Waals surface area (Å²) in [5, 5.41) is 3.49. The number of carbonyl (C=O) groups is 2. The summed E-state index contributed by atoms with van der Waals surface area (Å²) in [5.74, 6) is 0.247. The number of para-hydroxylation sites is 1. The highest BCUT2D eigenvalue weighted by Gasteiger charge is 2.35. The first-order valence-corrected chi connectivity index (χ1v) is 10.1. The molecule has 0 spiro atoms. The lowest BCUT2D eigenvalue weighted by molar-refractivity contribution is -0.126. The van der Waals surface area contributed by atoms with Crippen molar-refractivity contribution in [2.45, 2.75) is 13.0 Å². The third-order valence-electron chi connectivity index (χ3n) is 5.27. The highest BCUT2D eigenvalue weighted by Crippen LogP contribution is 2.31. The minimum atomic E-state index is -0.401. The summed E-state index contributed by atoms with van der Waals surface area (Å²) >= 11 is 6.21. The van der Waals surface area contributed by atoms with Gasteiger partial charge in [-0.2, -0.15) is 0 Å². The fraction of sp³-hybridized carbons (Fsp3) is 0.381. The molecule has 2 aliphatic rings. The highest BCUT2D eigenvalue weighted by molar-refractivity contribution is 6.33. The molecular weight excluding hydrogens is 392 g/mol. The molecule has 3 heterocycles. The van der Waals surface area contributed by atoms with Gasteiger partial charge in [-0.05, 0) is 18.2 Å². The lowest BCUT2D eigenvalue weighted by atomic mass is 10.1. The molecule has 0 bridgehead atoms. The molecule has 2 aromatic rings. The maximum absolute atomic E-state index is 12.7. The van der Waals surface area contributed by atoms with Crippen LogP contribution in [0.2, 0.25) is 5.02 Å². The van der Waals surface area contributed by atoms with E-state index in [1.165, 1.54) is 0 Å². The quantitative estimate of drug-likeness (QED) is 0.812. The van der Waals surface area contributed by atoms with Crippen molar-refractivity contribution >= 4 is 34.9 Å². The summed E-state index contributed by atoms with van der Waals surface area (Å²) in [6.45, 7) is 3.60. The van der Waals surface area contributed by atoms with Gasteiger partial charge in [-0.3, -0.25) is 9.59 Å². The Hall–Kier alpha value is -2.64. The number of aromatic nitrogens is 1. The molecule has 2 saturated heterocycles. The van der Waals surface area contributed by atoms with E-state index in [2.05, 4.69) is 15.2 Å². The summed E-state index contributed by atoms with van der Waals surface area (Å²) in [4.78, 5) is 33.4. The summed E-state index contributed by atoms with van der Waals surface area (Å²) in [6, 6.07) is 11.0. The van der Waals surface area contributed by atoms with Crippen LogP contribution in [0.15, 0.2) is 42.6 Å². The number of amides is 2. The fourth-order valence-corrected chi connectivity index (χ4v) is 3.98. The molecule has 1 N–H and O–H groups in total. The second-order valence-corrected chi connectivity index (χ2v) is 7.57. The molecule has 1 aromatic heterocycles. The summed E-state index contributed by atoms with van der Waals surface area (Å²) in [6.07, 6.45) is 1.94. The van der Waals surface area contributed by atoms with Crippen molar-refractivity contribution in [3.63, 3.8) is 0 Å². The van der Waals surface area contributed by atoms with E-state index < -0.39 is 5.92 Å². The molecule has 0 radical (unpaired) electrons. The van der Waals surface area contributed by atoms with Gasteiger partial charge in [0.05, 0.1) is 29.8 Å². The summed E-state index contributed by atoms with van der Waals surface area (Å²) in [7, 11) is 0. The number of rotatable bonds is 5. The minimum Gasteiger partial charge on any atom is -0.378 e. The number of halogens is 1. The number of hydrogen-bond acceptors (Lipinski definition) is 5. The zero-order valence-electron chi connectivity index (χ0n) is 16.0. The highest BCUT2D eigenvalue weighted by atomic mass is 35.5. The van der Waals surface area contributed by atoms with Gasteiger partial charge in [-0.1, -0.05) is 29.8 Å². The number of carbonyl (C=O) groups excluding carboxylic acids is 2. The van der Waals surface area contributed by atoms with Gasteiger partial charge in [0.1, 0.15) is 5.82 Å². The Kier molecular flexibility index (Phi) is 5.97. The van der Waals surface area contributed by atoms with E-state index in [0.717, 1.165) is 24.5 Å². The number of hydrogen-bond donors (Lipinski definition) is 1. The van der Waals surface area contributed by atoms with E-state index in [-0.39, 0.29) is 18.2 Å². The fourth-order valence-electron chi connectivity index (χ4n) is 3.74. The van der Waals surface area contributed by atoms with Crippen molar-refractivity contribution in [2.75, 3.05) is 42.6 Å². The average molecular weight is 415 g/mol. The van der Waals surface area contributed by atoms with Gasteiger partial charge in [0, 0.05) is 44.4 Å². The number of benzene rings is 1. The van der Waals surface area contributed by atoms with Crippen LogP contribution in [0.1, 0.15) is 12.0 Å². The summed E-state index contributed by atoms with van der Waals surface area (Å²) < 4.78 is 5.41. The lowest BCUT2D eigenvalue weighted by Crippen LogP contribution is -2.38. The second kappa shape index (κ2) is 8.80. The molecule has 8 heteroatoms. The standard InChI is InChI=1S/C21H23ClN4O3/c22-17-5-1-2-6-18(17)26-14-16(12-19(26)27)21(28)24-13-15-4-3-7-23-20(15)25-8-10-29-11-9-25/h1-7,16H,8-14H2,(H,24,28). The Morgan fingerprint density at radius 3 is 2.79 bits per heavy atom. The Bertz CT molecular complexity index is 901. The van der Waals surface area contributed by atoms with Crippen LogP contribution in [-0.4, -0.2) is 49.6 Å². The maximum atomic E-state index is 12.7. The van der Waals surface area contributed by atoms with Gasteiger partial charge in [0.25, 0.3) is 0 Å². The molecule has 7 nitrogen and oxygen atoms in total. The molecule has 2 aliphatic heterocycles. The van der Waals surface area contributed by atoms with Gasteiger partial charge in [-0.15, -0.1) is 0 Å². The number of anilines is 2. The number of nitrogens with zero attached hydrogens (tertiary/aromatic N) is 3. The number of morpholine rings is 1. The molecule has 152 valence electrons. The van der Waals surface area contributed by atoms with E-state index >= 15 is 0 Å². The molecule has 4 rings (SSSR count). The minimum absolute atomic E-state index is 0.0892. The third-order valence-corrected chi connectivity index (χ3v) is 5.59. The van der Waals surface area contributed by atoms with E-state index in [1.807, 2.05) is 24.3 Å². The molecule has 29 heavy (non-hydrogen) atoms. The molecule has 2 fully saturated rings. The second-order valence-electron chi connectivity index (χ2n) is 7.16. The van der Waals surface area contributed by atoms with Crippen molar-refractivity contribution in [3.8, 4) is 0 Å². The van der Waals surface area contributed by atoms with Crippen molar-refractivity contribution in [1.29, 1.82) is 0 Å². The van der Waals surface area contributed by atoms with Crippen LogP contribution < -0.4 is 15.1 Å². The first-order valence-electron chi connectivity index (χ1n) is 9.72. The van der Waals surface area contributed by atoms with Crippen LogP contribution >= 0.6 is 11.6 Å². The van der Waals surface area contributed by atoms with Crippen LogP contribution in [0.3, 0.4) is 0 Å². The molecule has 1 unspecified atom stereocenters. The Labute approximate surface area is 174 Å². The maximum Gasteiger partial charge on any atom is 0.227 e. The van der Waals surface area contributed by atoms with Crippen LogP contribution in [0.5, 0.6) is 0 Å². The zero-order valence-corrected chi connectivity index (χ0v) is 16.8. The van der Waals surface area contributed by atoms with Crippen LogP contribution in [0.25, 0.3) is 0 Å². The van der Waals surface area contributed by atoms with Crippen LogP contribution in [0.4, 0.5) is 11.5 Å². The predicted octanol–water partition coefficient (Wildman–Crippen LogP) is 2.24. The van der Waals surface area contributed by atoms with Crippen molar-refractivity contribution in [3.05, 3.63) is 53.2 Å². The van der Waals surface area contributed by atoms with E-state index in [4.69, 9.17) is 16.3 Å². The third kappa shape index (κ3) is 4.36. The van der Waals surface area contributed by atoms with Crippen LogP contribution in [0, 0.1) is 5.92 Å². The van der Waals surface area contributed by atoms with E-state index in [9.17, 15) is 9.59 Å². The first-order chi connectivity index (χ1) is 14.1. The SMILES string of the molecule is O=C(NCc1cccnc1N1CCOCC1)C1CC(=O)N(c2ccccc2Cl)C1. The van der Waals surface area contributed by atoms with Gasteiger partial charge in [-0.25, -0.2) is 4.98 Å². The van der Waals surface area contributed by atoms with Gasteiger partial charge < -0.3 is 19.9 Å². The van der Waals surface area contributed by atoms with Gasteiger partial charge >= 0.3 is 0 Å². The van der Waals surface area contributed by atoms with E-state index in [1.54, 1.807) is 23.2 Å². The van der Waals surface area contributed by atoms with Crippen LogP contribution in [-0.2, 0) is 20.9 Å². The smallest absolute Gasteiger partial charge is 0.227 e. The van der Waals surface area contributed by atoms with Gasteiger partial charge in [0.2, 0.25) is 11.8 Å². The Balaban J connectivity index is 1.40. The molecular formula is C21H23ClN4O3. The average Bonchev–Trinajstić information content (AvgIpc) is 3.15. The molecule has 0 saturated carbocycles. The lowest BCUT2D eigenvalue weighted by Gasteiger charge is -2.29. The number of ether oxygens (including phenoxy) is 1. The first kappa shape index (κ1) is 19.7. The molecule has 1 atom stereocenters. The number of nitrogens with one attached hydrogen (secondary N) is 1. The van der Waals surface area contributed by atoms with E-state index in [0.29, 0.717) is 37.0 Å². The topological polar surface area (TPSA) is 74.8 Å². The van der Waals surface area contributed by atoms with Crippen molar-refractivity contribution < 1.29 is 14.3 Å². The normalized spacial score (nSPS) is 19.5.